The van der Waals surface area contributed by atoms with Gasteiger partial charge in [-0.15, -0.1) is 0 Å². The molecule has 1 N–H and O–H groups in total. The molecule has 92 valence electrons. The minimum atomic E-state index is -0.882. The molecule has 0 aromatic rings. The molecule has 0 fully saturated rings. The maximum atomic E-state index is 10.1. The predicted octanol–water partition coefficient (Wildman–Crippen LogP) is 0.292. The van der Waals surface area contributed by atoms with Crippen LogP contribution in [0.5, 0.6) is 0 Å². The Morgan fingerprint density at radius 2 is 1.56 bits per heavy atom. The number of unbranched alkanes of at least 4 members (excludes halogenated alkanes) is 6. The average molecular weight is 224 g/mol. The summed E-state index contributed by atoms with van der Waals surface area (Å²) < 4.78 is 4.92. The number of carboxylic acid groups (broad SMARTS) is 1. The normalized spacial score (nSPS) is 9.06. The number of rotatable bonds is 10. The van der Waals surface area contributed by atoms with Gasteiger partial charge in [0.05, 0.1) is 0 Å². The molecule has 0 radical (unpaired) electrons. The Kier molecular flexibility index (Phi) is 23.2. The third-order valence-corrected chi connectivity index (χ3v) is 2.12. The topological polar surface area (TPSA) is 46.5 Å². The zero-order valence-electron chi connectivity index (χ0n) is 11.1. The van der Waals surface area contributed by atoms with E-state index in [-0.39, 0.29) is 32.9 Å². The van der Waals surface area contributed by atoms with Crippen LogP contribution in [0.4, 0.5) is 0 Å². The van der Waals surface area contributed by atoms with E-state index in [4.69, 9.17) is 9.84 Å². The Hall–Kier alpha value is 0.0274. The molecule has 0 saturated heterocycles. The van der Waals surface area contributed by atoms with Crippen LogP contribution < -0.4 is 18.9 Å². The quantitative estimate of drug-likeness (QED) is 0.330. The van der Waals surface area contributed by atoms with Gasteiger partial charge in [-0.3, -0.25) is 0 Å². The third-order valence-electron chi connectivity index (χ3n) is 2.12. The number of aliphatic carboxylic acids is 1. The maximum absolute atomic E-state index is 10.1. The van der Waals surface area contributed by atoms with Gasteiger partial charge in [0.15, 0.2) is 0 Å². The monoisotopic (exact) mass is 224 g/mol. The van der Waals surface area contributed by atoms with E-state index in [1.807, 2.05) is 0 Å². The molecule has 0 aliphatic rings. The van der Waals surface area contributed by atoms with Crippen molar-refractivity contribution in [3.8, 4) is 0 Å². The number of hydrogen-bond acceptors (Lipinski definition) is 2. The molecule has 0 bridgehead atoms. The molecule has 0 spiro atoms. The van der Waals surface area contributed by atoms with Gasteiger partial charge in [-0.25, -0.2) is 4.79 Å². The minimum Gasteiger partial charge on any atom is -0.480 e. The Balaban J connectivity index is -0.000000845. The Morgan fingerprint density at radius 1 is 1.06 bits per heavy atom. The van der Waals surface area contributed by atoms with Crippen molar-refractivity contribution < 1.29 is 33.5 Å². The first-order valence-electron chi connectivity index (χ1n) is 5.57. The summed E-state index contributed by atoms with van der Waals surface area (Å²) >= 11 is 0. The van der Waals surface area contributed by atoms with Crippen LogP contribution in [-0.2, 0) is 9.53 Å². The molecule has 0 amide bonds. The van der Waals surface area contributed by atoms with Gasteiger partial charge in [0.1, 0.15) is 6.61 Å². The van der Waals surface area contributed by atoms with Crippen LogP contribution in [0.15, 0.2) is 0 Å². The van der Waals surface area contributed by atoms with E-state index in [0.717, 1.165) is 12.8 Å². The summed E-state index contributed by atoms with van der Waals surface area (Å²) in [5, 5.41) is 8.29. The smallest absolute Gasteiger partial charge is 0.480 e. The minimum absolute atomic E-state index is 0. The number of carboxylic acids is 1. The molecule has 0 atom stereocenters. The van der Waals surface area contributed by atoms with Gasteiger partial charge < -0.3 is 17.3 Å². The molecular weight excluding hydrogens is 199 g/mol. The van der Waals surface area contributed by atoms with E-state index in [0.29, 0.717) is 6.61 Å². The summed E-state index contributed by atoms with van der Waals surface area (Å²) in [5.74, 6) is -0.882. The second kappa shape index (κ2) is 17.4. The van der Waals surface area contributed by atoms with E-state index in [9.17, 15) is 4.79 Å². The van der Waals surface area contributed by atoms with Gasteiger partial charge in [-0.1, -0.05) is 45.4 Å². The van der Waals surface area contributed by atoms with Crippen molar-refractivity contribution in [2.75, 3.05) is 13.2 Å². The second-order valence-electron chi connectivity index (χ2n) is 3.57. The van der Waals surface area contributed by atoms with Crippen molar-refractivity contribution in [1.29, 1.82) is 0 Å². The van der Waals surface area contributed by atoms with Crippen LogP contribution in [-0.4, -0.2) is 24.3 Å². The number of hydrogen-bond donors (Lipinski definition) is 1. The molecular formula is C12H25LiO3. The van der Waals surface area contributed by atoms with Gasteiger partial charge in [0, 0.05) is 6.61 Å². The third kappa shape index (κ3) is 19.6. The first kappa shape index (κ1) is 21.3. The fourth-order valence-corrected chi connectivity index (χ4v) is 1.32. The summed E-state index contributed by atoms with van der Waals surface area (Å²) in [4.78, 5) is 10.1. The SMILES string of the molecule is CCCCCCCCCOCC(=O)O.[CH3-].[Li+]. The van der Waals surface area contributed by atoms with E-state index in [1.165, 1.54) is 32.1 Å². The van der Waals surface area contributed by atoms with Gasteiger partial charge in [-0.05, 0) is 6.42 Å². The van der Waals surface area contributed by atoms with E-state index in [2.05, 4.69) is 6.92 Å². The molecule has 0 aromatic heterocycles. The summed E-state index contributed by atoms with van der Waals surface area (Å²) in [6.45, 7) is 2.63. The molecule has 0 saturated carbocycles. The van der Waals surface area contributed by atoms with E-state index in [1.54, 1.807) is 0 Å². The van der Waals surface area contributed by atoms with Gasteiger partial charge >= 0.3 is 24.8 Å². The number of carbonyl (C=O) groups is 1. The zero-order valence-corrected chi connectivity index (χ0v) is 11.1. The second-order valence-corrected chi connectivity index (χ2v) is 3.57. The molecule has 16 heavy (non-hydrogen) atoms. The van der Waals surface area contributed by atoms with Crippen molar-refractivity contribution in [1.82, 2.24) is 0 Å². The van der Waals surface area contributed by atoms with Crippen molar-refractivity contribution >= 4 is 5.97 Å². The van der Waals surface area contributed by atoms with Gasteiger partial charge in [-0.2, -0.15) is 0 Å². The first-order valence-corrected chi connectivity index (χ1v) is 5.57. The van der Waals surface area contributed by atoms with Crippen LogP contribution in [0.2, 0.25) is 0 Å². The largest absolute Gasteiger partial charge is 1.00 e. The van der Waals surface area contributed by atoms with Crippen LogP contribution in [0.3, 0.4) is 0 Å². The van der Waals surface area contributed by atoms with Crippen LogP contribution in [0.25, 0.3) is 0 Å². The zero-order chi connectivity index (χ0) is 10.6. The summed E-state index contributed by atoms with van der Waals surface area (Å²) in [7, 11) is 0. The fraction of sp³-hybridized carbons (Fsp3) is 0.833. The standard InChI is InChI=1S/C11H22O3.CH3.Li/c1-2-3-4-5-6-7-8-9-14-10-11(12)13;;/h2-10H2,1H3,(H,12,13);1H3;/q;-1;+1. The predicted molar refractivity (Wildman–Crippen MR) is 62.9 cm³/mol. The maximum Gasteiger partial charge on any atom is 1.00 e. The molecule has 4 heteroatoms. The summed E-state index contributed by atoms with van der Waals surface area (Å²) in [5.41, 5.74) is 0. The molecule has 0 aliphatic carbocycles. The van der Waals surface area contributed by atoms with Gasteiger partial charge in [0.2, 0.25) is 0 Å². The molecule has 0 aromatic carbocycles. The van der Waals surface area contributed by atoms with Crippen molar-refractivity contribution in [3.63, 3.8) is 0 Å². The molecule has 0 aliphatic heterocycles. The molecule has 0 unspecified atom stereocenters. The summed E-state index contributed by atoms with van der Waals surface area (Å²) in [6, 6.07) is 0. The Morgan fingerprint density at radius 3 is 2.06 bits per heavy atom. The van der Waals surface area contributed by atoms with Crippen molar-refractivity contribution in [2.45, 2.75) is 51.9 Å². The molecule has 0 heterocycles. The van der Waals surface area contributed by atoms with Crippen molar-refractivity contribution in [3.05, 3.63) is 7.43 Å². The Bertz CT molecular complexity index is 140. The fourth-order valence-electron chi connectivity index (χ4n) is 1.32. The van der Waals surface area contributed by atoms with Crippen LogP contribution in [0, 0.1) is 7.43 Å². The van der Waals surface area contributed by atoms with Crippen molar-refractivity contribution in [2.24, 2.45) is 0 Å². The van der Waals surface area contributed by atoms with Crippen LogP contribution >= 0.6 is 0 Å². The molecule has 0 rings (SSSR count). The number of ether oxygens (including phenoxy) is 1. The van der Waals surface area contributed by atoms with E-state index >= 15 is 0 Å². The molecule has 3 nitrogen and oxygen atoms in total. The van der Waals surface area contributed by atoms with Gasteiger partial charge in [0.25, 0.3) is 0 Å². The Labute approximate surface area is 112 Å². The van der Waals surface area contributed by atoms with Crippen LogP contribution in [0.1, 0.15) is 51.9 Å². The van der Waals surface area contributed by atoms with E-state index < -0.39 is 5.97 Å². The first-order chi connectivity index (χ1) is 6.77. The average Bonchev–Trinajstić information content (AvgIpc) is 2.15. The summed E-state index contributed by atoms with van der Waals surface area (Å²) in [6.07, 6.45) is 8.62.